The summed E-state index contributed by atoms with van der Waals surface area (Å²) in [5.41, 5.74) is 1.33. The molecular formula is C17H24N4. The average Bonchev–Trinajstić information content (AvgIpc) is 2.53. The Balaban J connectivity index is 2.07. The standard InChI is InChI=1S/C17H24N4/c1-12(2)17-20-15(18-4)10-16(21-17)19-11-13(3)14-8-6-5-7-9-14/h5-10,12-13H,11H2,1-4H3,(H2,18,19,20,21). The van der Waals surface area contributed by atoms with E-state index in [-0.39, 0.29) is 0 Å². The second-order valence-corrected chi connectivity index (χ2v) is 5.59. The normalized spacial score (nSPS) is 12.2. The van der Waals surface area contributed by atoms with Gasteiger partial charge in [-0.25, -0.2) is 9.97 Å². The molecule has 2 N–H and O–H groups in total. The fourth-order valence-electron chi connectivity index (χ4n) is 2.10. The summed E-state index contributed by atoms with van der Waals surface area (Å²) in [7, 11) is 1.88. The van der Waals surface area contributed by atoms with Crippen molar-refractivity contribution in [3.63, 3.8) is 0 Å². The van der Waals surface area contributed by atoms with Crippen LogP contribution in [0.4, 0.5) is 11.6 Å². The van der Waals surface area contributed by atoms with Crippen molar-refractivity contribution < 1.29 is 0 Å². The Morgan fingerprint density at radius 1 is 1.00 bits per heavy atom. The van der Waals surface area contributed by atoms with Crippen LogP contribution in [-0.4, -0.2) is 23.6 Å². The van der Waals surface area contributed by atoms with Gasteiger partial charge in [0.2, 0.25) is 0 Å². The van der Waals surface area contributed by atoms with Gasteiger partial charge in [-0.2, -0.15) is 0 Å². The van der Waals surface area contributed by atoms with Crippen molar-refractivity contribution in [1.82, 2.24) is 9.97 Å². The highest BCUT2D eigenvalue weighted by atomic mass is 15.1. The van der Waals surface area contributed by atoms with Gasteiger partial charge in [-0.05, 0) is 11.5 Å². The van der Waals surface area contributed by atoms with E-state index in [9.17, 15) is 0 Å². The Labute approximate surface area is 127 Å². The lowest BCUT2D eigenvalue weighted by atomic mass is 10.0. The van der Waals surface area contributed by atoms with Crippen LogP contribution >= 0.6 is 0 Å². The third-order valence-electron chi connectivity index (χ3n) is 3.47. The first-order valence-corrected chi connectivity index (χ1v) is 7.45. The van der Waals surface area contributed by atoms with Crippen LogP contribution in [0.25, 0.3) is 0 Å². The number of anilines is 2. The molecule has 0 spiro atoms. The zero-order valence-corrected chi connectivity index (χ0v) is 13.2. The smallest absolute Gasteiger partial charge is 0.135 e. The van der Waals surface area contributed by atoms with Gasteiger partial charge in [0.1, 0.15) is 17.5 Å². The Morgan fingerprint density at radius 2 is 1.67 bits per heavy atom. The minimum Gasteiger partial charge on any atom is -0.373 e. The molecule has 0 fully saturated rings. The minimum absolute atomic E-state index is 0.311. The lowest BCUT2D eigenvalue weighted by Crippen LogP contribution is -2.13. The molecule has 0 radical (unpaired) electrons. The van der Waals surface area contributed by atoms with Gasteiger partial charge >= 0.3 is 0 Å². The predicted molar refractivity (Wildman–Crippen MR) is 89.0 cm³/mol. The Hall–Kier alpha value is -2.10. The van der Waals surface area contributed by atoms with Crippen LogP contribution in [0.5, 0.6) is 0 Å². The topological polar surface area (TPSA) is 49.8 Å². The van der Waals surface area contributed by atoms with Gasteiger partial charge in [-0.3, -0.25) is 0 Å². The lowest BCUT2D eigenvalue weighted by Gasteiger charge is -2.15. The first-order valence-electron chi connectivity index (χ1n) is 7.45. The number of benzene rings is 1. The van der Waals surface area contributed by atoms with E-state index >= 15 is 0 Å². The van der Waals surface area contributed by atoms with Gasteiger partial charge in [-0.15, -0.1) is 0 Å². The molecule has 2 rings (SSSR count). The van der Waals surface area contributed by atoms with Gasteiger partial charge in [-0.1, -0.05) is 51.1 Å². The highest BCUT2D eigenvalue weighted by molar-refractivity contribution is 5.47. The maximum Gasteiger partial charge on any atom is 0.135 e. The molecule has 0 aliphatic heterocycles. The highest BCUT2D eigenvalue weighted by Gasteiger charge is 2.09. The van der Waals surface area contributed by atoms with Gasteiger partial charge in [0.05, 0.1) is 0 Å². The number of nitrogens with one attached hydrogen (secondary N) is 2. The number of rotatable bonds is 6. The maximum absolute atomic E-state index is 4.58. The van der Waals surface area contributed by atoms with Crippen LogP contribution in [-0.2, 0) is 0 Å². The van der Waals surface area contributed by atoms with Crippen LogP contribution in [0.1, 0.15) is 44.0 Å². The molecule has 1 unspecified atom stereocenters. The molecule has 1 aromatic carbocycles. The summed E-state index contributed by atoms with van der Waals surface area (Å²) in [6, 6.07) is 12.5. The summed E-state index contributed by atoms with van der Waals surface area (Å²) in [5.74, 6) is 3.33. The SMILES string of the molecule is CNc1cc(NCC(C)c2ccccc2)nc(C(C)C)n1. The van der Waals surface area contributed by atoms with E-state index in [1.807, 2.05) is 19.2 Å². The molecular weight excluding hydrogens is 260 g/mol. The molecule has 0 saturated carbocycles. The molecule has 0 saturated heterocycles. The number of hydrogen-bond donors (Lipinski definition) is 2. The molecule has 0 bridgehead atoms. The van der Waals surface area contributed by atoms with Gasteiger partial charge in [0, 0.05) is 25.6 Å². The van der Waals surface area contributed by atoms with E-state index in [0.29, 0.717) is 11.8 Å². The van der Waals surface area contributed by atoms with Crippen molar-refractivity contribution >= 4 is 11.6 Å². The van der Waals surface area contributed by atoms with E-state index in [1.54, 1.807) is 0 Å². The quantitative estimate of drug-likeness (QED) is 0.845. The van der Waals surface area contributed by atoms with E-state index < -0.39 is 0 Å². The summed E-state index contributed by atoms with van der Waals surface area (Å²) in [6.45, 7) is 7.27. The monoisotopic (exact) mass is 284 g/mol. The van der Waals surface area contributed by atoms with Crippen LogP contribution in [0, 0.1) is 0 Å². The molecule has 1 aromatic heterocycles. The zero-order chi connectivity index (χ0) is 15.2. The largest absolute Gasteiger partial charge is 0.373 e. The van der Waals surface area contributed by atoms with Gasteiger partial charge in [0.25, 0.3) is 0 Å². The summed E-state index contributed by atoms with van der Waals surface area (Å²) in [6.07, 6.45) is 0. The van der Waals surface area contributed by atoms with E-state index in [0.717, 1.165) is 24.0 Å². The Kier molecular flexibility index (Phi) is 5.14. The van der Waals surface area contributed by atoms with Crippen molar-refractivity contribution in [2.75, 3.05) is 24.2 Å². The Morgan fingerprint density at radius 3 is 2.29 bits per heavy atom. The minimum atomic E-state index is 0.311. The lowest BCUT2D eigenvalue weighted by molar-refractivity contribution is 0.766. The molecule has 0 amide bonds. The zero-order valence-electron chi connectivity index (χ0n) is 13.2. The van der Waals surface area contributed by atoms with Crippen molar-refractivity contribution in [3.05, 3.63) is 47.8 Å². The van der Waals surface area contributed by atoms with Crippen LogP contribution in [0.15, 0.2) is 36.4 Å². The van der Waals surface area contributed by atoms with Crippen molar-refractivity contribution in [3.8, 4) is 0 Å². The summed E-state index contributed by atoms with van der Waals surface area (Å²) in [4.78, 5) is 9.06. The molecule has 0 aliphatic rings. The highest BCUT2D eigenvalue weighted by Crippen LogP contribution is 2.19. The summed E-state index contributed by atoms with van der Waals surface area (Å²) < 4.78 is 0. The van der Waals surface area contributed by atoms with Gasteiger partial charge < -0.3 is 10.6 Å². The van der Waals surface area contributed by atoms with Crippen LogP contribution in [0.2, 0.25) is 0 Å². The molecule has 1 atom stereocenters. The van der Waals surface area contributed by atoms with Crippen LogP contribution < -0.4 is 10.6 Å². The second kappa shape index (κ2) is 7.07. The maximum atomic E-state index is 4.58. The number of aromatic nitrogens is 2. The number of hydrogen-bond acceptors (Lipinski definition) is 4. The fourth-order valence-corrected chi connectivity index (χ4v) is 2.10. The molecule has 1 heterocycles. The molecule has 0 aliphatic carbocycles. The predicted octanol–water partition coefficient (Wildman–Crippen LogP) is 3.86. The fraction of sp³-hybridized carbons (Fsp3) is 0.412. The molecule has 4 heteroatoms. The molecule has 4 nitrogen and oxygen atoms in total. The van der Waals surface area contributed by atoms with Crippen LogP contribution in [0.3, 0.4) is 0 Å². The molecule has 21 heavy (non-hydrogen) atoms. The molecule has 2 aromatic rings. The summed E-state index contributed by atoms with van der Waals surface area (Å²) in [5, 5.41) is 6.51. The van der Waals surface area contributed by atoms with E-state index in [1.165, 1.54) is 5.56 Å². The third kappa shape index (κ3) is 4.18. The second-order valence-electron chi connectivity index (χ2n) is 5.59. The average molecular weight is 284 g/mol. The van der Waals surface area contributed by atoms with Gasteiger partial charge in [0.15, 0.2) is 0 Å². The third-order valence-corrected chi connectivity index (χ3v) is 3.47. The first kappa shape index (κ1) is 15.3. The van der Waals surface area contributed by atoms with Crippen molar-refractivity contribution in [2.45, 2.75) is 32.6 Å². The number of nitrogens with zero attached hydrogens (tertiary/aromatic N) is 2. The van der Waals surface area contributed by atoms with E-state index in [4.69, 9.17) is 0 Å². The van der Waals surface area contributed by atoms with Crippen molar-refractivity contribution in [1.29, 1.82) is 0 Å². The Bertz CT molecular complexity index is 566. The van der Waals surface area contributed by atoms with Crippen molar-refractivity contribution in [2.24, 2.45) is 0 Å². The first-order chi connectivity index (χ1) is 10.1. The summed E-state index contributed by atoms with van der Waals surface area (Å²) >= 11 is 0. The molecule has 112 valence electrons. The van der Waals surface area contributed by atoms with E-state index in [2.05, 4.69) is 65.6 Å².